The molecule has 0 bridgehead atoms. The van der Waals surface area contributed by atoms with Crippen LogP contribution in [-0.4, -0.2) is 16.0 Å². The van der Waals surface area contributed by atoms with Crippen LogP contribution in [0.25, 0.3) is 0 Å². The third-order valence-corrected chi connectivity index (χ3v) is 2.84. The van der Waals surface area contributed by atoms with E-state index in [2.05, 4.69) is 10.1 Å². The molecule has 19 heavy (non-hydrogen) atoms. The SMILES string of the molecule is Cc1ccc(Oc2nccc(/C(N)=N/O)c2Cl)cc1. The Labute approximate surface area is 115 Å². The first-order valence-electron chi connectivity index (χ1n) is 5.48. The molecule has 98 valence electrons. The quantitative estimate of drug-likeness (QED) is 0.391. The summed E-state index contributed by atoms with van der Waals surface area (Å²) in [5.41, 5.74) is 6.99. The minimum atomic E-state index is -0.0962. The van der Waals surface area contributed by atoms with E-state index >= 15 is 0 Å². The first-order chi connectivity index (χ1) is 9.11. The second-order valence-electron chi connectivity index (χ2n) is 3.88. The highest BCUT2D eigenvalue weighted by Gasteiger charge is 2.12. The molecule has 1 heterocycles. The third-order valence-electron chi connectivity index (χ3n) is 2.48. The molecule has 0 radical (unpaired) electrons. The van der Waals surface area contributed by atoms with Gasteiger partial charge in [0.1, 0.15) is 10.8 Å². The molecule has 2 aromatic rings. The highest BCUT2D eigenvalue weighted by Crippen LogP contribution is 2.29. The van der Waals surface area contributed by atoms with E-state index < -0.39 is 0 Å². The molecule has 0 atom stereocenters. The molecule has 0 unspecified atom stereocenters. The number of hydrogen-bond acceptors (Lipinski definition) is 4. The summed E-state index contributed by atoms with van der Waals surface area (Å²) >= 11 is 6.10. The molecular weight excluding hydrogens is 266 g/mol. The van der Waals surface area contributed by atoms with Crippen LogP contribution in [0.5, 0.6) is 11.6 Å². The summed E-state index contributed by atoms with van der Waals surface area (Å²) in [4.78, 5) is 4.03. The van der Waals surface area contributed by atoms with Gasteiger partial charge in [-0.1, -0.05) is 34.5 Å². The molecule has 0 amide bonds. The maximum atomic E-state index is 8.67. The topological polar surface area (TPSA) is 80.7 Å². The monoisotopic (exact) mass is 277 g/mol. The van der Waals surface area contributed by atoms with Gasteiger partial charge >= 0.3 is 0 Å². The Morgan fingerprint density at radius 3 is 2.63 bits per heavy atom. The van der Waals surface area contributed by atoms with E-state index in [1.165, 1.54) is 6.20 Å². The van der Waals surface area contributed by atoms with Crippen molar-refractivity contribution in [2.24, 2.45) is 10.9 Å². The van der Waals surface area contributed by atoms with Gasteiger partial charge in [0.05, 0.1) is 0 Å². The number of rotatable bonds is 3. The Morgan fingerprint density at radius 1 is 1.32 bits per heavy atom. The van der Waals surface area contributed by atoms with Crippen molar-refractivity contribution >= 4 is 17.4 Å². The minimum absolute atomic E-state index is 0.0962. The summed E-state index contributed by atoms with van der Waals surface area (Å²) in [5, 5.41) is 11.8. The summed E-state index contributed by atoms with van der Waals surface area (Å²) in [6.45, 7) is 1.98. The van der Waals surface area contributed by atoms with E-state index in [0.717, 1.165) is 5.56 Å². The van der Waals surface area contributed by atoms with E-state index in [0.29, 0.717) is 11.3 Å². The molecule has 0 saturated heterocycles. The van der Waals surface area contributed by atoms with Crippen LogP contribution in [-0.2, 0) is 0 Å². The number of halogens is 1. The smallest absolute Gasteiger partial charge is 0.238 e. The number of ether oxygens (including phenoxy) is 1. The Bertz CT molecular complexity index is 612. The van der Waals surface area contributed by atoms with Gasteiger partial charge in [-0.05, 0) is 25.1 Å². The van der Waals surface area contributed by atoms with Gasteiger partial charge in [0.25, 0.3) is 0 Å². The number of oxime groups is 1. The molecule has 0 spiro atoms. The van der Waals surface area contributed by atoms with Crippen LogP contribution in [0.1, 0.15) is 11.1 Å². The predicted octanol–water partition coefficient (Wildman–Crippen LogP) is 2.93. The second-order valence-corrected chi connectivity index (χ2v) is 4.26. The maximum Gasteiger partial charge on any atom is 0.238 e. The zero-order chi connectivity index (χ0) is 13.8. The van der Waals surface area contributed by atoms with Gasteiger partial charge in [-0.25, -0.2) is 4.98 Å². The minimum Gasteiger partial charge on any atom is -0.438 e. The Balaban J connectivity index is 2.33. The first kappa shape index (κ1) is 13.2. The fourth-order valence-electron chi connectivity index (χ4n) is 1.47. The molecular formula is C13H12ClN3O2. The summed E-state index contributed by atoms with van der Waals surface area (Å²) in [6, 6.07) is 8.99. The molecule has 3 N–H and O–H groups in total. The number of amidine groups is 1. The first-order valence-corrected chi connectivity index (χ1v) is 5.86. The fourth-order valence-corrected chi connectivity index (χ4v) is 1.71. The number of pyridine rings is 1. The van der Waals surface area contributed by atoms with Crippen LogP contribution in [0.3, 0.4) is 0 Å². The average Bonchev–Trinajstić information content (AvgIpc) is 2.43. The Hall–Kier alpha value is -2.27. The van der Waals surface area contributed by atoms with Crippen molar-refractivity contribution in [3.05, 3.63) is 52.7 Å². The second kappa shape index (κ2) is 5.58. The predicted molar refractivity (Wildman–Crippen MR) is 73.0 cm³/mol. The van der Waals surface area contributed by atoms with Crippen molar-refractivity contribution in [2.75, 3.05) is 0 Å². The lowest BCUT2D eigenvalue weighted by Crippen LogP contribution is -2.14. The van der Waals surface area contributed by atoms with Crippen molar-refractivity contribution in [1.82, 2.24) is 4.98 Å². The molecule has 1 aromatic heterocycles. The summed E-state index contributed by atoms with van der Waals surface area (Å²) in [7, 11) is 0. The molecule has 0 saturated carbocycles. The Morgan fingerprint density at radius 2 is 2.00 bits per heavy atom. The molecule has 2 rings (SSSR count). The normalized spacial score (nSPS) is 11.4. The number of nitrogens with zero attached hydrogens (tertiary/aromatic N) is 2. The summed E-state index contributed by atoms with van der Waals surface area (Å²) in [6.07, 6.45) is 1.47. The highest BCUT2D eigenvalue weighted by molar-refractivity contribution is 6.35. The largest absolute Gasteiger partial charge is 0.438 e. The van der Waals surface area contributed by atoms with Crippen molar-refractivity contribution in [2.45, 2.75) is 6.92 Å². The van der Waals surface area contributed by atoms with Crippen LogP contribution in [0, 0.1) is 6.92 Å². The van der Waals surface area contributed by atoms with Gasteiger partial charge < -0.3 is 15.7 Å². The standard InChI is InChI=1S/C13H12ClN3O2/c1-8-2-4-9(5-3-8)19-13-11(14)10(6-7-16-13)12(15)17-18/h2-7,18H,1H3,(H2,15,17). The van der Waals surface area contributed by atoms with Crippen LogP contribution in [0.2, 0.25) is 5.02 Å². The van der Waals surface area contributed by atoms with Crippen LogP contribution < -0.4 is 10.5 Å². The van der Waals surface area contributed by atoms with Gasteiger partial charge in [0.2, 0.25) is 5.88 Å². The van der Waals surface area contributed by atoms with Gasteiger partial charge in [0.15, 0.2) is 5.84 Å². The van der Waals surface area contributed by atoms with Crippen molar-refractivity contribution in [1.29, 1.82) is 0 Å². The molecule has 1 aromatic carbocycles. The molecule has 0 fully saturated rings. The molecule has 0 aliphatic rings. The van der Waals surface area contributed by atoms with E-state index in [9.17, 15) is 0 Å². The Kier molecular flexibility index (Phi) is 3.87. The lowest BCUT2D eigenvalue weighted by molar-refractivity contribution is 0.318. The van der Waals surface area contributed by atoms with E-state index in [1.807, 2.05) is 31.2 Å². The molecule has 5 nitrogen and oxygen atoms in total. The van der Waals surface area contributed by atoms with E-state index in [4.69, 9.17) is 27.3 Å². The van der Waals surface area contributed by atoms with Gasteiger partial charge in [0, 0.05) is 11.8 Å². The summed E-state index contributed by atoms with van der Waals surface area (Å²) < 4.78 is 5.56. The number of nitrogens with two attached hydrogens (primary N) is 1. The van der Waals surface area contributed by atoms with Gasteiger partial charge in [-0.3, -0.25) is 0 Å². The maximum absolute atomic E-state index is 8.67. The molecule has 6 heteroatoms. The number of aryl methyl sites for hydroxylation is 1. The number of hydrogen-bond donors (Lipinski definition) is 2. The highest BCUT2D eigenvalue weighted by atomic mass is 35.5. The van der Waals surface area contributed by atoms with Crippen LogP contribution >= 0.6 is 11.6 Å². The number of aromatic nitrogens is 1. The van der Waals surface area contributed by atoms with Crippen LogP contribution in [0.15, 0.2) is 41.7 Å². The zero-order valence-electron chi connectivity index (χ0n) is 10.2. The third kappa shape index (κ3) is 2.95. The van der Waals surface area contributed by atoms with Crippen molar-refractivity contribution < 1.29 is 9.94 Å². The van der Waals surface area contributed by atoms with Gasteiger partial charge in [-0.15, -0.1) is 0 Å². The summed E-state index contributed by atoms with van der Waals surface area (Å²) in [5.74, 6) is 0.715. The van der Waals surface area contributed by atoms with E-state index in [-0.39, 0.29) is 16.7 Å². The molecule has 0 aliphatic heterocycles. The fraction of sp³-hybridized carbons (Fsp3) is 0.0769. The number of benzene rings is 1. The molecule has 0 aliphatic carbocycles. The zero-order valence-corrected chi connectivity index (χ0v) is 10.9. The van der Waals surface area contributed by atoms with Gasteiger partial charge in [-0.2, -0.15) is 0 Å². The van der Waals surface area contributed by atoms with E-state index in [1.54, 1.807) is 6.07 Å². The van der Waals surface area contributed by atoms with Crippen LogP contribution in [0.4, 0.5) is 0 Å². The average molecular weight is 278 g/mol. The van der Waals surface area contributed by atoms with Crippen molar-refractivity contribution in [3.8, 4) is 11.6 Å². The lowest BCUT2D eigenvalue weighted by atomic mass is 10.2. The lowest BCUT2D eigenvalue weighted by Gasteiger charge is -2.09. The van der Waals surface area contributed by atoms with Crippen molar-refractivity contribution in [3.63, 3.8) is 0 Å².